The van der Waals surface area contributed by atoms with E-state index < -0.39 is 0 Å². The number of benzene rings is 1. The van der Waals surface area contributed by atoms with Crippen LogP contribution in [0.5, 0.6) is 0 Å². The maximum Gasteiger partial charge on any atom is 0.132 e. The predicted molar refractivity (Wildman–Crippen MR) is 77.9 cm³/mol. The molecule has 2 rings (SSSR count). The van der Waals surface area contributed by atoms with E-state index in [4.69, 9.17) is 11.6 Å². The first kappa shape index (κ1) is 12.8. The summed E-state index contributed by atoms with van der Waals surface area (Å²) in [6.07, 6.45) is 2.06. The third-order valence-corrected chi connectivity index (χ3v) is 4.58. The van der Waals surface area contributed by atoms with Crippen molar-refractivity contribution in [2.45, 2.75) is 33.6 Å². The van der Waals surface area contributed by atoms with Gasteiger partial charge in [-0.25, -0.2) is 4.98 Å². The van der Waals surface area contributed by atoms with Gasteiger partial charge < -0.3 is 0 Å². The van der Waals surface area contributed by atoms with Crippen LogP contribution in [0.4, 0.5) is 0 Å². The van der Waals surface area contributed by atoms with Gasteiger partial charge in [-0.05, 0) is 49.1 Å². The molecule has 1 aromatic carbocycles. The molecule has 0 amide bonds. The monoisotopic (exact) mass is 311 g/mol. The Balaban J connectivity index is 2.75. The Morgan fingerprint density at radius 3 is 2.65 bits per heavy atom. The van der Waals surface area contributed by atoms with E-state index >= 15 is 0 Å². The lowest BCUT2D eigenvalue weighted by Gasteiger charge is -2.10. The number of hydrogen-bond donors (Lipinski definition) is 0. The number of hydrogen-bond acceptors (Lipinski definition) is 1. The van der Waals surface area contributed by atoms with Gasteiger partial charge in [0.2, 0.25) is 0 Å². The first-order chi connectivity index (χ1) is 8.04. The van der Waals surface area contributed by atoms with Crippen LogP contribution in [0, 0.1) is 13.8 Å². The maximum absolute atomic E-state index is 6.20. The number of rotatable bonds is 2. The summed E-state index contributed by atoms with van der Waals surface area (Å²) in [5.74, 6) is 0. The molecule has 1 heterocycles. The second-order valence-corrected chi connectivity index (χ2v) is 5.54. The van der Waals surface area contributed by atoms with Crippen molar-refractivity contribution in [2.24, 2.45) is 0 Å². The van der Waals surface area contributed by atoms with Crippen LogP contribution in [0.25, 0.3) is 10.9 Å². The van der Waals surface area contributed by atoms with Crippen LogP contribution in [-0.2, 0) is 6.42 Å². The molecule has 1 aromatic heterocycles. The van der Waals surface area contributed by atoms with Crippen molar-refractivity contribution in [3.8, 4) is 0 Å². The van der Waals surface area contributed by atoms with Crippen LogP contribution in [0.2, 0.25) is 5.15 Å². The van der Waals surface area contributed by atoms with Crippen LogP contribution < -0.4 is 0 Å². The fourth-order valence-electron chi connectivity index (χ4n) is 2.08. The highest BCUT2D eigenvalue weighted by atomic mass is 79.9. The second kappa shape index (κ2) is 4.95. The van der Waals surface area contributed by atoms with Gasteiger partial charge in [-0.15, -0.1) is 0 Å². The normalized spacial score (nSPS) is 11.1. The van der Waals surface area contributed by atoms with Crippen molar-refractivity contribution in [2.75, 3.05) is 0 Å². The van der Waals surface area contributed by atoms with Gasteiger partial charge in [0.05, 0.1) is 5.52 Å². The van der Waals surface area contributed by atoms with Crippen LogP contribution >= 0.6 is 27.5 Å². The zero-order chi connectivity index (χ0) is 12.6. The molecule has 90 valence electrons. The zero-order valence-electron chi connectivity index (χ0n) is 10.3. The molecule has 0 saturated carbocycles. The van der Waals surface area contributed by atoms with E-state index in [1.54, 1.807) is 0 Å². The fraction of sp³-hybridized carbons (Fsp3) is 0.357. The summed E-state index contributed by atoms with van der Waals surface area (Å²) in [5.41, 5.74) is 4.55. The number of halogens is 2. The number of aromatic nitrogens is 1. The van der Waals surface area contributed by atoms with E-state index in [-0.39, 0.29) is 0 Å². The molecule has 0 bridgehead atoms. The average molecular weight is 313 g/mol. The Bertz CT molecular complexity index is 578. The third-order valence-electron chi connectivity index (χ3n) is 3.03. The summed E-state index contributed by atoms with van der Waals surface area (Å²) < 4.78 is 1.16. The first-order valence-electron chi connectivity index (χ1n) is 5.79. The van der Waals surface area contributed by atoms with Crippen molar-refractivity contribution in [1.29, 1.82) is 0 Å². The molecule has 0 fully saturated rings. The molecule has 0 atom stereocenters. The van der Waals surface area contributed by atoms with E-state index in [1.807, 2.05) is 0 Å². The predicted octanol–water partition coefficient (Wildman–Crippen LogP) is 5.22. The van der Waals surface area contributed by atoms with Crippen molar-refractivity contribution in [1.82, 2.24) is 4.98 Å². The van der Waals surface area contributed by atoms with Gasteiger partial charge >= 0.3 is 0 Å². The topological polar surface area (TPSA) is 12.9 Å². The summed E-state index contributed by atoms with van der Waals surface area (Å²) in [6.45, 7) is 6.34. The van der Waals surface area contributed by atoms with Crippen LogP contribution in [-0.4, -0.2) is 4.98 Å². The van der Waals surface area contributed by atoms with Gasteiger partial charge in [-0.1, -0.05) is 40.9 Å². The van der Waals surface area contributed by atoms with Gasteiger partial charge in [-0.3, -0.25) is 0 Å². The van der Waals surface area contributed by atoms with E-state index in [9.17, 15) is 0 Å². The smallest absolute Gasteiger partial charge is 0.132 e. The van der Waals surface area contributed by atoms with Crippen LogP contribution in [0.15, 0.2) is 16.6 Å². The number of fused-ring (bicyclic) bond motifs is 1. The molecule has 0 aliphatic rings. The highest BCUT2D eigenvalue weighted by molar-refractivity contribution is 9.10. The molecule has 0 aliphatic carbocycles. The van der Waals surface area contributed by atoms with Crippen molar-refractivity contribution < 1.29 is 0 Å². The van der Waals surface area contributed by atoms with Gasteiger partial charge in [0.1, 0.15) is 5.15 Å². The van der Waals surface area contributed by atoms with E-state index in [2.05, 4.69) is 53.8 Å². The van der Waals surface area contributed by atoms with Gasteiger partial charge in [0, 0.05) is 9.86 Å². The molecule has 3 heteroatoms. The summed E-state index contributed by atoms with van der Waals surface area (Å²) in [7, 11) is 0. The summed E-state index contributed by atoms with van der Waals surface area (Å²) in [4.78, 5) is 4.50. The molecular weight excluding hydrogens is 298 g/mol. The highest BCUT2D eigenvalue weighted by Crippen LogP contribution is 2.31. The van der Waals surface area contributed by atoms with Gasteiger partial charge in [0.15, 0.2) is 0 Å². The molecule has 0 aliphatic heterocycles. The molecular formula is C14H15BrClN. The minimum atomic E-state index is 0.639. The molecule has 2 aromatic rings. The van der Waals surface area contributed by atoms with Gasteiger partial charge in [-0.2, -0.15) is 0 Å². The van der Waals surface area contributed by atoms with Crippen molar-refractivity contribution >= 4 is 38.4 Å². The van der Waals surface area contributed by atoms with Crippen molar-refractivity contribution in [3.63, 3.8) is 0 Å². The standard InChI is InChI=1S/C14H15BrClN/c1-4-5-10-7-11-9(3)13(15)8(2)6-12(11)17-14(10)16/h6-7H,4-5H2,1-3H3. The highest BCUT2D eigenvalue weighted by Gasteiger charge is 2.10. The number of pyridine rings is 1. The Hall–Kier alpha value is -0.600. The second-order valence-electron chi connectivity index (χ2n) is 4.39. The maximum atomic E-state index is 6.20. The minimum absolute atomic E-state index is 0.639. The van der Waals surface area contributed by atoms with E-state index in [1.165, 1.54) is 16.5 Å². The Kier molecular flexibility index (Phi) is 3.74. The quantitative estimate of drug-likeness (QED) is 0.693. The average Bonchev–Trinajstić information content (AvgIpc) is 2.29. The summed E-state index contributed by atoms with van der Waals surface area (Å²) in [5, 5.41) is 1.83. The van der Waals surface area contributed by atoms with Crippen molar-refractivity contribution in [3.05, 3.63) is 38.4 Å². The molecule has 0 spiro atoms. The first-order valence-corrected chi connectivity index (χ1v) is 6.96. The van der Waals surface area contributed by atoms with Gasteiger partial charge in [0.25, 0.3) is 0 Å². The lowest BCUT2D eigenvalue weighted by molar-refractivity contribution is 0.917. The van der Waals surface area contributed by atoms with E-state index in [0.717, 1.165) is 28.4 Å². The Labute approximate surface area is 115 Å². The minimum Gasteiger partial charge on any atom is -0.236 e. The number of nitrogens with zero attached hydrogens (tertiary/aromatic N) is 1. The summed E-state index contributed by atoms with van der Waals surface area (Å²) >= 11 is 9.83. The lowest BCUT2D eigenvalue weighted by Crippen LogP contribution is -1.93. The SMILES string of the molecule is CCCc1cc2c(C)c(Br)c(C)cc2nc1Cl. The van der Waals surface area contributed by atoms with Crippen LogP contribution in [0.1, 0.15) is 30.0 Å². The molecule has 0 unspecified atom stereocenters. The zero-order valence-corrected chi connectivity index (χ0v) is 12.6. The Morgan fingerprint density at radius 2 is 2.00 bits per heavy atom. The molecule has 17 heavy (non-hydrogen) atoms. The number of aryl methyl sites for hydroxylation is 3. The Morgan fingerprint density at radius 1 is 1.29 bits per heavy atom. The summed E-state index contributed by atoms with van der Waals surface area (Å²) in [6, 6.07) is 4.25. The largest absolute Gasteiger partial charge is 0.236 e. The van der Waals surface area contributed by atoms with Crippen LogP contribution in [0.3, 0.4) is 0 Å². The molecule has 0 saturated heterocycles. The fourth-order valence-corrected chi connectivity index (χ4v) is 2.65. The van der Waals surface area contributed by atoms with E-state index in [0.29, 0.717) is 5.15 Å². The lowest BCUT2D eigenvalue weighted by atomic mass is 10.0. The molecule has 0 N–H and O–H groups in total. The molecule has 1 nitrogen and oxygen atoms in total. The molecule has 0 radical (unpaired) electrons. The third kappa shape index (κ3) is 2.34.